The lowest BCUT2D eigenvalue weighted by Crippen LogP contribution is -2.38. The summed E-state index contributed by atoms with van der Waals surface area (Å²) >= 11 is 0. The molecule has 5 heteroatoms. The van der Waals surface area contributed by atoms with Gasteiger partial charge in [0.25, 0.3) is 5.91 Å². The van der Waals surface area contributed by atoms with Crippen molar-refractivity contribution in [3.05, 3.63) is 102 Å². The normalized spacial score (nSPS) is 21.9. The number of anilines is 1. The standard InChI is InChI=1S/C24H17NO4/c26-20(16-9-3-1-4-10-16)15-25-19-14-8-7-13-18(19)24(23(25)28)22(29-24)21(27)17-11-5-2-6-12-17/h1-14,22H,15H2. The van der Waals surface area contributed by atoms with E-state index < -0.39 is 11.7 Å². The van der Waals surface area contributed by atoms with E-state index in [4.69, 9.17) is 4.74 Å². The van der Waals surface area contributed by atoms with Gasteiger partial charge in [-0.25, -0.2) is 0 Å². The van der Waals surface area contributed by atoms with E-state index in [1.165, 1.54) is 4.90 Å². The van der Waals surface area contributed by atoms with Crippen LogP contribution in [0, 0.1) is 0 Å². The molecule has 0 aromatic heterocycles. The molecule has 142 valence electrons. The topological polar surface area (TPSA) is 67.0 Å². The molecular formula is C24H17NO4. The molecule has 5 rings (SSSR count). The number of ketones is 2. The van der Waals surface area contributed by atoms with Crippen LogP contribution in [0.2, 0.25) is 0 Å². The summed E-state index contributed by atoms with van der Waals surface area (Å²) in [6.45, 7) is -0.1000. The van der Waals surface area contributed by atoms with Crippen LogP contribution in [0.3, 0.4) is 0 Å². The van der Waals surface area contributed by atoms with Gasteiger partial charge < -0.3 is 9.64 Å². The van der Waals surface area contributed by atoms with Crippen LogP contribution < -0.4 is 4.90 Å². The third-order valence-corrected chi connectivity index (χ3v) is 5.47. The van der Waals surface area contributed by atoms with E-state index in [1.807, 2.05) is 24.3 Å². The molecule has 1 amide bonds. The number of carbonyl (C=O) groups excluding carboxylic acids is 3. The van der Waals surface area contributed by atoms with Crippen LogP contribution in [0.4, 0.5) is 5.69 Å². The fourth-order valence-electron chi connectivity index (χ4n) is 3.98. The van der Waals surface area contributed by atoms with Gasteiger partial charge >= 0.3 is 0 Å². The highest BCUT2D eigenvalue weighted by molar-refractivity contribution is 6.18. The quantitative estimate of drug-likeness (QED) is 0.500. The Hall–Kier alpha value is -3.57. The Morgan fingerprint density at radius 3 is 2.10 bits per heavy atom. The van der Waals surface area contributed by atoms with Crippen LogP contribution in [0.25, 0.3) is 0 Å². The van der Waals surface area contributed by atoms with E-state index in [9.17, 15) is 14.4 Å². The molecule has 0 N–H and O–H groups in total. The van der Waals surface area contributed by atoms with E-state index in [-0.39, 0.29) is 24.0 Å². The lowest BCUT2D eigenvalue weighted by Gasteiger charge is -2.16. The van der Waals surface area contributed by atoms with Gasteiger partial charge in [0.1, 0.15) is 0 Å². The number of fused-ring (bicyclic) bond motifs is 2. The fraction of sp³-hybridized carbons (Fsp3) is 0.125. The van der Waals surface area contributed by atoms with Crippen molar-refractivity contribution < 1.29 is 19.1 Å². The van der Waals surface area contributed by atoms with Crippen molar-refractivity contribution in [3.63, 3.8) is 0 Å². The number of nitrogens with zero attached hydrogens (tertiary/aromatic N) is 1. The predicted molar refractivity (Wildman–Crippen MR) is 107 cm³/mol. The maximum Gasteiger partial charge on any atom is 0.267 e. The minimum Gasteiger partial charge on any atom is -0.342 e. The first kappa shape index (κ1) is 17.5. The second-order valence-electron chi connectivity index (χ2n) is 7.16. The number of hydrogen-bond donors (Lipinski definition) is 0. The molecule has 0 saturated carbocycles. The summed E-state index contributed by atoms with van der Waals surface area (Å²) in [5, 5.41) is 0. The zero-order chi connectivity index (χ0) is 20.0. The van der Waals surface area contributed by atoms with Gasteiger partial charge in [0.2, 0.25) is 5.60 Å². The molecule has 1 spiro atoms. The number of epoxide rings is 1. The van der Waals surface area contributed by atoms with E-state index in [1.54, 1.807) is 60.7 Å². The summed E-state index contributed by atoms with van der Waals surface area (Å²) in [5.74, 6) is -0.764. The number of carbonyl (C=O) groups is 3. The van der Waals surface area contributed by atoms with Crippen molar-refractivity contribution in [2.75, 3.05) is 11.4 Å². The molecule has 29 heavy (non-hydrogen) atoms. The molecule has 5 nitrogen and oxygen atoms in total. The predicted octanol–water partition coefficient (Wildman–Crippen LogP) is 3.39. The first-order valence-electron chi connectivity index (χ1n) is 9.40. The van der Waals surface area contributed by atoms with Crippen LogP contribution in [0.15, 0.2) is 84.9 Å². The second-order valence-corrected chi connectivity index (χ2v) is 7.16. The average molecular weight is 383 g/mol. The van der Waals surface area contributed by atoms with Crippen LogP contribution in [-0.2, 0) is 15.1 Å². The summed E-state index contributed by atoms with van der Waals surface area (Å²) < 4.78 is 5.79. The summed E-state index contributed by atoms with van der Waals surface area (Å²) in [4.78, 5) is 40.4. The van der Waals surface area contributed by atoms with Crippen molar-refractivity contribution in [2.24, 2.45) is 0 Å². The number of ether oxygens (including phenoxy) is 1. The Morgan fingerprint density at radius 1 is 0.828 bits per heavy atom. The molecule has 0 bridgehead atoms. The van der Waals surface area contributed by atoms with Crippen molar-refractivity contribution >= 4 is 23.2 Å². The number of amides is 1. The van der Waals surface area contributed by atoms with Crippen molar-refractivity contribution in [1.29, 1.82) is 0 Å². The van der Waals surface area contributed by atoms with E-state index in [0.29, 0.717) is 22.4 Å². The Morgan fingerprint density at radius 2 is 1.41 bits per heavy atom. The highest BCUT2D eigenvalue weighted by Gasteiger charge is 2.72. The SMILES string of the molecule is O=C(CN1C(=O)C2(OC2C(=O)c2ccccc2)c2ccccc21)c1ccccc1. The lowest BCUT2D eigenvalue weighted by atomic mass is 9.92. The molecule has 2 aliphatic heterocycles. The highest BCUT2D eigenvalue weighted by atomic mass is 16.6. The maximum atomic E-state index is 13.4. The van der Waals surface area contributed by atoms with Gasteiger partial charge in [-0.3, -0.25) is 14.4 Å². The van der Waals surface area contributed by atoms with Crippen molar-refractivity contribution in [1.82, 2.24) is 0 Å². The van der Waals surface area contributed by atoms with Crippen LogP contribution in [0.1, 0.15) is 26.3 Å². The molecule has 2 heterocycles. The number of hydrogen-bond acceptors (Lipinski definition) is 4. The molecule has 3 aromatic rings. The number of para-hydroxylation sites is 1. The monoisotopic (exact) mass is 383 g/mol. The molecule has 2 unspecified atom stereocenters. The largest absolute Gasteiger partial charge is 0.342 e. The number of benzene rings is 3. The Bertz CT molecular complexity index is 1130. The summed E-state index contributed by atoms with van der Waals surface area (Å²) in [6.07, 6.45) is -0.879. The molecule has 2 aliphatic rings. The molecule has 0 radical (unpaired) electrons. The second kappa shape index (κ2) is 6.50. The van der Waals surface area contributed by atoms with Crippen LogP contribution in [0.5, 0.6) is 0 Å². The van der Waals surface area contributed by atoms with Crippen molar-refractivity contribution in [3.8, 4) is 0 Å². The Kier molecular flexibility index (Phi) is 3.93. The smallest absolute Gasteiger partial charge is 0.267 e. The van der Waals surface area contributed by atoms with Gasteiger partial charge in [-0.1, -0.05) is 78.9 Å². The van der Waals surface area contributed by atoms with Gasteiger partial charge in [-0.15, -0.1) is 0 Å². The van der Waals surface area contributed by atoms with Gasteiger partial charge in [-0.05, 0) is 6.07 Å². The Balaban J connectivity index is 1.48. The number of Topliss-reactive ketones (excluding diaryl/α,β-unsaturated/α-hetero) is 2. The van der Waals surface area contributed by atoms with E-state index in [0.717, 1.165) is 0 Å². The molecule has 1 fully saturated rings. The van der Waals surface area contributed by atoms with Gasteiger partial charge in [-0.2, -0.15) is 0 Å². The third kappa shape index (κ3) is 2.62. The minimum atomic E-state index is -1.33. The third-order valence-electron chi connectivity index (χ3n) is 5.47. The summed E-state index contributed by atoms with van der Waals surface area (Å²) in [7, 11) is 0. The molecular weight excluding hydrogens is 366 g/mol. The molecule has 0 aliphatic carbocycles. The molecule has 2 atom stereocenters. The van der Waals surface area contributed by atoms with E-state index in [2.05, 4.69) is 0 Å². The van der Waals surface area contributed by atoms with Gasteiger partial charge in [0, 0.05) is 16.7 Å². The van der Waals surface area contributed by atoms with Crippen LogP contribution in [-0.4, -0.2) is 30.1 Å². The average Bonchev–Trinajstić information content (AvgIpc) is 3.49. The highest BCUT2D eigenvalue weighted by Crippen LogP contribution is 2.56. The minimum absolute atomic E-state index is 0.1000. The van der Waals surface area contributed by atoms with Crippen LogP contribution >= 0.6 is 0 Å². The van der Waals surface area contributed by atoms with Gasteiger partial charge in [0.15, 0.2) is 17.7 Å². The van der Waals surface area contributed by atoms with E-state index >= 15 is 0 Å². The molecule has 1 saturated heterocycles. The lowest BCUT2D eigenvalue weighted by molar-refractivity contribution is -0.122. The summed E-state index contributed by atoms with van der Waals surface area (Å²) in [5.41, 5.74) is 0.955. The zero-order valence-electron chi connectivity index (χ0n) is 15.4. The first-order chi connectivity index (χ1) is 14.1. The summed E-state index contributed by atoms with van der Waals surface area (Å²) in [6, 6.07) is 24.8. The zero-order valence-corrected chi connectivity index (χ0v) is 15.4. The Labute approximate surface area is 167 Å². The maximum absolute atomic E-state index is 13.4. The first-order valence-corrected chi connectivity index (χ1v) is 9.40. The fourth-order valence-corrected chi connectivity index (χ4v) is 3.98. The molecule has 3 aromatic carbocycles. The van der Waals surface area contributed by atoms with Gasteiger partial charge in [0.05, 0.1) is 12.2 Å². The van der Waals surface area contributed by atoms with Crippen molar-refractivity contribution in [2.45, 2.75) is 11.7 Å². The number of rotatable bonds is 5.